The Morgan fingerprint density at radius 3 is 2.70 bits per heavy atom. The molecule has 7 nitrogen and oxygen atoms in total. The number of aliphatic hydroxyl groups is 1. The third-order valence-electron chi connectivity index (χ3n) is 4.20. The number of aromatic nitrogens is 1. The highest BCUT2D eigenvalue weighted by Crippen LogP contribution is 2.36. The molecule has 0 aliphatic carbocycles. The topological polar surface area (TPSA) is 95.7 Å². The van der Waals surface area contributed by atoms with Crippen LogP contribution in [0, 0.1) is 6.92 Å². The molecule has 2 aromatic rings. The first kappa shape index (κ1) is 18.9. The number of nitrogens with one attached hydrogen (secondary N) is 1. The molecule has 0 radical (unpaired) electrons. The minimum absolute atomic E-state index is 0.0311. The number of alkyl halides is 3. The van der Waals surface area contributed by atoms with Gasteiger partial charge in [-0.1, -0.05) is 17.3 Å². The first-order chi connectivity index (χ1) is 12.6. The Hall–Kier alpha value is -2.88. The summed E-state index contributed by atoms with van der Waals surface area (Å²) in [6.07, 6.45) is -5.45. The monoisotopic (exact) mass is 383 g/mol. The zero-order valence-electron chi connectivity index (χ0n) is 14.2. The van der Waals surface area contributed by atoms with Crippen molar-refractivity contribution in [2.24, 2.45) is 0 Å². The molecule has 0 bridgehead atoms. The van der Waals surface area contributed by atoms with Gasteiger partial charge in [0.1, 0.15) is 5.76 Å². The highest BCUT2D eigenvalue weighted by atomic mass is 19.4. The van der Waals surface area contributed by atoms with E-state index in [1.165, 1.54) is 18.2 Å². The minimum Gasteiger partial charge on any atom is -0.391 e. The summed E-state index contributed by atoms with van der Waals surface area (Å²) in [6, 6.07) is 5.05. The maximum Gasteiger partial charge on any atom is 0.416 e. The van der Waals surface area contributed by atoms with Crippen LogP contribution >= 0.6 is 0 Å². The van der Waals surface area contributed by atoms with Gasteiger partial charge in [0.25, 0.3) is 0 Å². The molecule has 27 heavy (non-hydrogen) atoms. The number of likely N-dealkylation sites (tertiary alicyclic amines) is 1. The van der Waals surface area contributed by atoms with Crippen molar-refractivity contribution >= 4 is 17.6 Å². The van der Waals surface area contributed by atoms with Gasteiger partial charge < -0.3 is 14.5 Å². The minimum atomic E-state index is -4.54. The molecule has 2 atom stereocenters. The lowest BCUT2D eigenvalue weighted by Crippen LogP contribution is -2.40. The maximum atomic E-state index is 12.9. The maximum absolute atomic E-state index is 12.9. The van der Waals surface area contributed by atoms with Crippen molar-refractivity contribution in [1.82, 2.24) is 10.1 Å². The van der Waals surface area contributed by atoms with Crippen molar-refractivity contribution in [3.05, 3.63) is 47.2 Å². The van der Waals surface area contributed by atoms with Crippen LogP contribution in [0.4, 0.5) is 19.0 Å². The molecule has 0 unspecified atom stereocenters. The summed E-state index contributed by atoms with van der Waals surface area (Å²) < 4.78 is 43.6. The Kier molecular flexibility index (Phi) is 4.92. The fourth-order valence-corrected chi connectivity index (χ4v) is 3.00. The van der Waals surface area contributed by atoms with E-state index in [4.69, 9.17) is 4.52 Å². The van der Waals surface area contributed by atoms with Gasteiger partial charge in [-0.25, -0.2) is 0 Å². The summed E-state index contributed by atoms with van der Waals surface area (Å²) in [5, 5.41) is 15.7. The van der Waals surface area contributed by atoms with E-state index in [1.54, 1.807) is 6.92 Å². The lowest BCUT2D eigenvalue weighted by Gasteiger charge is -2.24. The number of carbonyl (C=O) groups is 2. The van der Waals surface area contributed by atoms with Crippen LogP contribution in [0.5, 0.6) is 0 Å². The van der Waals surface area contributed by atoms with Gasteiger partial charge in [-0.2, -0.15) is 13.2 Å². The van der Waals surface area contributed by atoms with E-state index < -0.39 is 35.7 Å². The molecule has 1 fully saturated rings. The highest BCUT2D eigenvalue weighted by molar-refractivity contribution is 6.39. The lowest BCUT2D eigenvalue weighted by atomic mass is 10.0. The number of nitrogens with zero attached hydrogens (tertiary/aromatic N) is 2. The van der Waals surface area contributed by atoms with Crippen LogP contribution in [-0.2, 0) is 15.8 Å². The predicted molar refractivity (Wildman–Crippen MR) is 86.4 cm³/mol. The van der Waals surface area contributed by atoms with Crippen molar-refractivity contribution < 1.29 is 32.4 Å². The molecule has 2 amide bonds. The van der Waals surface area contributed by atoms with Crippen molar-refractivity contribution in [2.75, 3.05) is 11.9 Å². The van der Waals surface area contributed by atoms with Crippen LogP contribution in [0.2, 0.25) is 0 Å². The summed E-state index contributed by atoms with van der Waals surface area (Å²) in [4.78, 5) is 25.7. The van der Waals surface area contributed by atoms with Crippen molar-refractivity contribution in [3.63, 3.8) is 0 Å². The number of halogens is 3. The van der Waals surface area contributed by atoms with Gasteiger partial charge in [0, 0.05) is 12.6 Å². The lowest BCUT2D eigenvalue weighted by molar-refractivity contribution is -0.144. The molecule has 1 aliphatic heterocycles. The number of hydrogen-bond acceptors (Lipinski definition) is 5. The zero-order valence-corrected chi connectivity index (χ0v) is 14.2. The van der Waals surface area contributed by atoms with Crippen LogP contribution < -0.4 is 5.32 Å². The number of carbonyl (C=O) groups excluding carboxylic acids is 2. The van der Waals surface area contributed by atoms with Crippen molar-refractivity contribution in [3.8, 4) is 0 Å². The molecule has 1 aromatic carbocycles. The Morgan fingerprint density at radius 1 is 1.33 bits per heavy atom. The number of β-amino-alcohol motifs (C(OH)–C–C–N with tert-alkyl or cyclic N) is 1. The summed E-state index contributed by atoms with van der Waals surface area (Å²) in [6.45, 7) is 1.44. The van der Waals surface area contributed by atoms with Gasteiger partial charge in [-0.3, -0.25) is 14.9 Å². The van der Waals surface area contributed by atoms with Crippen molar-refractivity contribution in [2.45, 2.75) is 31.7 Å². The molecule has 2 heterocycles. The molecular weight excluding hydrogens is 367 g/mol. The second kappa shape index (κ2) is 7.03. The quantitative estimate of drug-likeness (QED) is 0.776. The van der Waals surface area contributed by atoms with Crippen LogP contribution in [-0.4, -0.2) is 39.6 Å². The summed E-state index contributed by atoms with van der Waals surface area (Å²) >= 11 is 0. The van der Waals surface area contributed by atoms with Crippen molar-refractivity contribution in [1.29, 1.82) is 0 Å². The molecular formula is C17H16F3N3O4. The molecule has 1 aromatic heterocycles. The molecule has 10 heteroatoms. The molecule has 2 N–H and O–H groups in total. The van der Waals surface area contributed by atoms with E-state index in [-0.39, 0.29) is 24.3 Å². The number of aryl methyl sites for hydroxylation is 1. The third-order valence-corrected chi connectivity index (χ3v) is 4.20. The highest BCUT2D eigenvalue weighted by Gasteiger charge is 2.39. The Morgan fingerprint density at radius 2 is 2.07 bits per heavy atom. The molecule has 0 saturated carbocycles. The van der Waals surface area contributed by atoms with E-state index >= 15 is 0 Å². The van der Waals surface area contributed by atoms with Gasteiger partial charge in [-0.05, 0) is 31.0 Å². The van der Waals surface area contributed by atoms with E-state index in [0.29, 0.717) is 5.76 Å². The fourth-order valence-electron chi connectivity index (χ4n) is 3.00. The summed E-state index contributed by atoms with van der Waals surface area (Å²) in [5.74, 6) is -1.53. The van der Waals surface area contributed by atoms with Gasteiger partial charge >= 0.3 is 18.0 Å². The summed E-state index contributed by atoms with van der Waals surface area (Å²) in [5.41, 5.74) is -0.670. The van der Waals surface area contributed by atoms with Gasteiger partial charge in [0.2, 0.25) is 0 Å². The SMILES string of the molecule is Cc1cc(NC(=O)C(=O)N2C[C@@H](O)C[C@H]2c2cccc(C(F)(F)F)c2)no1. The smallest absolute Gasteiger partial charge is 0.391 e. The van der Waals surface area contributed by atoms with E-state index in [9.17, 15) is 27.9 Å². The first-order valence-corrected chi connectivity index (χ1v) is 8.05. The standard InChI is InChI=1S/C17H16F3N3O4/c1-9-5-14(22-27-9)21-15(25)16(26)23-8-12(24)7-13(23)10-3-2-4-11(6-10)17(18,19)20/h2-6,12-13,24H,7-8H2,1H3,(H,21,22,25)/t12-,13-/m0/s1. The largest absolute Gasteiger partial charge is 0.416 e. The average Bonchev–Trinajstić information content (AvgIpc) is 3.19. The Balaban J connectivity index is 1.81. The fraction of sp³-hybridized carbons (Fsp3) is 0.353. The number of amides is 2. The first-order valence-electron chi connectivity index (χ1n) is 8.05. The predicted octanol–water partition coefficient (Wildman–Crippen LogP) is 2.27. The zero-order chi connectivity index (χ0) is 19.8. The van der Waals surface area contributed by atoms with Crippen LogP contribution in [0.15, 0.2) is 34.9 Å². The molecule has 144 valence electrons. The molecule has 1 aliphatic rings. The van der Waals surface area contributed by atoms with Crippen LogP contribution in [0.1, 0.15) is 29.3 Å². The van der Waals surface area contributed by atoms with E-state index in [1.807, 2.05) is 0 Å². The average molecular weight is 383 g/mol. The molecule has 1 saturated heterocycles. The Bertz CT molecular complexity index is 865. The third kappa shape index (κ3) is 4.11. The number of hydrogen-bond donors (Lipinski definition) is 2. The molecule has 3 rings (SSSR count). The van der Waals surface area contributed by atoms with Crippen LogP contribution in [0.3, 0.4) is 0 Å². The Labute approximate surface area is 151 Å². The van der Waals surface area contributed by atoms with Gasteiger partial charge in [0.05, 0.1) is 17.7 Å². The van der Waals surface area contributed by atoms with Gasteiger partial charge in [0.15, 0.2) is 5.82 Å². The normalized spacial score (nSPS) is 20.0. The van der Waals surface area contributed by atoms with Gasteiger partial charge in [-0.15, -0.1) is 0 Å². The summed E-state index contributed by atoms with van der Waals surface area (Å²) in [7, 11) is 0. The second-order valence-electron chi connectivity index (χ2n) is 6.26. The number of aliphatic hydroxyl groups excluding tert-OH is 1. The molecule has 0 spiro atoms. The van der Waals surface area contributed by atoms with Crippen LogP contribution in [0.25, 0.3) is 0 Å². The van der Waals surface area contributed by atoms with E-state index in [2.05, 4.69) is 10.5 Å². The number of rotatable bonds is 2. The second-order valence-corrected chi connectivity index (χ2v) is 6.26. The van der Waals surface area contributed by atoms with E-state index in [0.717, 1.165) is 17.0 Å². The number of anilines is 1. The number of benzene rings is 1.